The van der Waals surface area contributed by atoms with Crippen LogP contribution in [0.25, 0.3) is 0 Å². The van der Waals surface area contributed by atoms with Crippen molar-refractivity contribution in [3.8, 4) is 0 Å². The molecule has 2 atom stereocenters. The third-order valence-electron chi connectivity index (χ3n) is 3.30. The molecule has 0 radical (unpaired) electrons. The summed E-state index contributed by atoms with van der Waals surface area (Å²) in [5, 5.41) is 10.1. The number of aliphatic hydroxyl groups excluding tert-OH is 1. The minimum absolute atomic E-state index is 0.0849. The van der Waals surface area contributed by atoms with Crippen molar-refractivity contribution >= 4 is 5.69 Å². The number of hydrogen-bond donors (Lipinski definition) is 2. The molecule has 19 heavy (non-hydrogen) atoms. The lowest BCUT2D eigenvalue weighted by atomic mass is 9.95. The van der Waals surface area contributed by atoms with Crippen molar-refractivity contribution in [2.75, 3.05) is 12.3 Å². The summed E-state index contributed by atoms with van der Waals surface area (Å²) in [5.41, 5.74) is 5.08. The summed E-state index contributed by atoms with van der Waals surface area (Å²) in [6, 6.07) is 2.98. The molecule has 3 nitrogen and oxygen atoms in total. The molecule has 1 aromatic rings. The monoisotopic (exact) mass is 275 g/mol. The molecule has 0 bridgehead atoms. The maximum Gasteiger partial charge on any atom is 0.416 e. The van der Waals surface area contributed by atoms with Gasteiger partial charge in [-0.3, -0.25) is 0 Å². The third-order valence-corrected chi connectivity index (χ3v) is 3.30. The molecule has 0 aromatic heterocycles. The summed E-state index contributed by atoms with van der Waals surface area (Å²) in [6.07, 6.45) is -3.64. The van der Waals surface area contributed by atoms with E-state index in [-0.39, 0.29) is 11.3 Å². The van der Waals surface area contributed by atoms with Crippen LogP contribution in [0.3, 0.4) is 0 Å². The highest BCUT2D eigenvalue weighted by atomic mass is 19.4. The highest BCUT2D eigenvalue weighted by molar-refractivity contribution is 5.50. The van der Waals surface area contributed by atoms with Crippen molar-refractivity contribution in [1.29, 1.82) is 0 Å². The Morgan fingerprint density at radius 3 is 2.63 bits per heavy atom. The number of halogens is 3. The second-order valence-corrected chi connectivity index (χ2v) is 4.69. The van der Waals surface area contributed by atoms with Gasteiger partial charge in [0.2, 0.25) is 0 Å². The quantitative estimate of drug-likeness (QED) is 0.816. The fourth-order valence-corrected chi connectivity index (χ4v) is 2.22. The van der Waals surface area contributed by atoms with Crippen LogP contribution in [0.1, 0.15) is 36.5 Å². The van der Waals surface area contributed by atoms with E-state index in [1.54, 1.807) is 0 Å². The number of aliphatic hydroxyl groups is 1. The molecule has 0 aliphatic carbocycles. The number of benzene rings is 1. The average Bonchev–Trinajstić information content (AvgIpc) is 2.38. The van der Waals surface area contributed by atoms with Crippen LogP contribution in [0.5, 0.6) is 0 Å². The summed E-state index contributed by atoms with van der Waals surface area (Å²) in [6.45, 7) is 0.514. The molecular weight excluding hydrogens is 259 g/mol. The van der Waals surface area contributed by atoms with Gasteiger partial charge in [0.15, 0.2) is 0 Å². The number of nitrogens with two attached hydrogens (primary N) is 1. The summed E-state index contributed by atoms with van der Waals surface area (Å²) in [7, 11) is 0. The standard InChI is InChI=1S/C13H16F3NO2/c14-13(15,16)8-4-5-10(17)9(7-8)12(18)11-3-1-2-6-19-11/h4-5,7,11-12,18H,1-3,6,17H2. The number of ether oxygens (including phenoxy) is 1. The minimum atomic E-state index is -4.45. The Balaban J connectivity index is 2.27. The number of nitrogen functional groups attached to an aromatic ring is 1. The normalized spacial score (nSPS) is 22.2. The van der Waals surface area contributed by atoms with E-state index in [9.17, 15) is 18.3 Å². The van der Waals surface area contributed by atoms with Gasteiger partial charge in [-0.15, -0.1) is 0 Å². The molecule has 106 valence electrons. The second kappa shape index (κ2) is 5.38. The average molecular weight is 275 g/mol. The van der Waals surface area contributed by atoms with Gasteiger partial charge in [-0.25, -0.2) is 0 Å². The lowest BCUT2D eigenvalue weighted by molar-refractivity contribution is -0.137. The molecule has 1 aliphatic heterocycles. The zero-order valence-corrected chi connectivity index (χ0v) is 10.3. The van der Waals surface area contributed by atoms with E-state index in [1.807, 2.05) is 0 Å². The highest BCUT2D eigenvalue weighted by Gasteiger charge is 2.33. The summed E-state index contributed by atoms with van der Waals surface area (Å²) < 4.78 is 43.3. The van der Waals surface area contributed by atoms with E-state index in [0.717, 1.165) is 25.0 Å². The Hall–Kier alpha value is -1.27. The summed E-state index contributed by atoms with van der Waals surface area (Å²) >= 11 is 0. The molecule has 1 aromatic carbocycles. The SMILES string of the molecule is Nc1ccc(C(F)(F)F)cc1C(O)C1CCCCO1. The first kappa shape index (κ1) is 14.1. The van der Waals surface area contributed by atoms with Crippen molar-refractivity contribution < 1.29 is 23.0 Å². The van der Waals surface area contributed by atoms with Crippen LogP contribution >= 0.6 is 0 Å². The van der Waals surface area contributed by atoms with Gasteiger partial charge < -0.3 is 15.6 Å². The molecule has 0 saturated carbocycles. The Morgan fingerprint density at radius 2 is 2.05 bits per heavy atom. The molecule has 1 fully saturated rings. The van der Waals surface area contributed by atoms with Gasteiger partial charge >= 0.3 is 6.18 Å². The Labute approximate surface area is 109 Å². The van der Waals surface area contributed by atoms with Crippen molar-refractivity contribution in [2.24, 2.45) is 0 Å². The first-order chi connectivity index (χ1) is 8.89. The molecule has 1 saturated heterocycles. The van der Waals surface area contributed by atoms with Crippen molar-refractivity contribution in [2.45, 2.75) is 37.6 Å². The van der Waals surface area contributed by atoms with Crippen molar-refractivity contribution in [1.82, 2.24) is 0 Å². The maximum atomic E-state index is 12.7. The van der Waals surface area contributed by atoms with Gasteiger partial charge in [-0.2, -0.15) is 13.2 Å². The van der Waals surface area contributed by atoms with Gasteiger partial charge in [0.25, 0.3) is 0 Å². The fourth-order valence-electron chi connectivity index (χ4n) is 2.22. The van der Waals surface area contributed by atoms with E-state index < -0.39 is 23.9 Å². The number of rotatable bonds is 2. The van der Waals surface area contributed by atoms with Crippen LogP contribution < -0.4 is 5.73 Å². The van der Waals surface area contributed by atoms with Gasteiger partial charge in [-0.05, 0) is 37.5 Å². The van der Waals surface area contributed by atoms with Gasteiger partial charge in [0.05, 0.1) is 11.7 Å². The largest absolute Gasteiger partial charge is 0.416 e. The van der Waals surface area contributed by atoms with Gasteiger partial charge in [-0.1, -0.05) is 0 Å². The van der Waals surface area contributed by atoms with Crippen molar-refractivity contribution in [3.63, 3.8) is 0 Å². The van der Waals surface area contributed by atoms with Crippen molar-refractivity contribution in [3.05, 3.63) is 29.3 Å². The Kier molecular flexibility index (Phi) is 4.01. The molecule has 0 amide bonds. The number of hydrogen-bond acceptors (Lipinski definition) is 3. The fraction of sp³-hybridized carbons (Fsp3) is 0.538. The number of alkyl halides is 3. The highest BCUT2D eigenvalue weighted by Crippen LogP contribution is 2.35. The van der Waals surface area contributed by atoms with Crippen LogP contribution in [0.4, 0.5) is 18.9 Å². The molecule has 2 unspecified atom stereocenters. The van der Waals surface area contributed by atoms with E-state index in [0.29, 0.717) is 13.0 Å². The second-order valence-electron chi connectivity index (χ2n) is 4.69. The Morgan fingerprint density at radius 1 is 1.32 bits per heavy atom. The maximum absolute atomic E-state index is 12.7. The zero-order valence-electron chi connectivity index (χ0n) is 10.3. The van der Waals surface area contributed by atoms with E-state index in [2.05, 4.69) is 0 Å². The predicted octanol–water partition coefficient (Wildman–Crippen LogP) is 2.89. The third kappa shape index (κ3) is 3.19. The van der Waals surface area contributed by atoms with Crippen LogP contribution in [0, 0.1) is 0 Å². The first-order valence-corrected chi connectivity index (χ1v) is 6.16. The Bertz CT molecular complexity index is 442. The molecule has 0 spiro atoms. The molecule has 1 heterocycles. The van der Waals surface area contributed by atoms with E-state index in [1.165, 1.54) is 6.07 Å². The molecule has 6 heteroatoms. The molecule has 1 aliphatic rings. The van der Waals surface area contributed by atoms with E-state index in [4.69, 9.17) is 10.5 Å². The molecular formula is C13H16F3NO2. The van der Waals surface area contributed by atoms with Crippen LogP contribution in [0.15, 0.2) is 18.2 Å². The van der Waals surface area contributed by atoms with E-state index >= 15 is 0 Å². The topological polar surface area (TPSA) is 55.5 Å². The number of anilines is 1. The smallest absolute Gasteiger partial charge is 0.398 e. The lowest BCUT2D eigenvalue weighted by Crippen LogP contribution is -2.27. The van der Waals surface area contributed by atoms with Crippen LogP contribution in [-0.2, 0) is 10.9 Å². The zero-order chi connectivity index (χ0) is 14.0. The van der Waals surface area contributed by atoms with Gasteiger partial charge in [0, 0.05) is 17.9 Å². The summed E-state index contributed by atoms with van der Waals surface area (Å²) in [5.74, 6) is 0. The predicted molar refractivity (Wildman–Crippen MR) is 64.4 cm³/mol. The first-order valence-electron chi connectivity index (χ1n) is 6.16. The van der Waals surface area contributed by atoms with Crippen LogP contribution in [0.2, 0.25) is 0 Å². The molecule has 3 N–H and O–H groups in total. The summed E-state index contributed by atoms with van der Waals surface area (Å²) in [4.78, 5) is 0. The minimum Gasteiger partial charge on any atom is -0.398 e. The van der Waals surface area contributed by atoms with Crippen LogP contribution in [-0.4, -0.2) is 17.8 Å². The molecule has 2 rings (SSSR count). The lowest BCUT2D eigenvalue weighted by Gasteiger charge is -2.28. The van der Waals surface area contributed by atoms with Gasteiger partial charge in [0.1, 0.15) is 6.10 Å².